The molecule has 0 aliphatic rings. The molecule has 1 unspecified atom stereocenters. The molecule has 0 fully saturated rings. The number of carboxylic acid groups (broad SMARTS) is 1. The van der Waals surface area contributed by atoms with Crippen LogP contribution in [0.2, 0.25) is 0 Å². The molecule has 11 heteroatoms. The molecule has 1 atom stereocenters. The standard InChI is InChI=1S/C15H19BrN4O4S2/c16-11-5-3-4-10(8-11)14-19-13(9-25-14)12(20-15(21)22)6-1-2-7-18-26(17,23)24/h3-5,8-9,12,18,20H,1-2,6-7H2,(H,21,22)(H2,17,23,24). The van der Waals surface area contributed by atoms with Crippen LogP contribution in [0.5, 0.6) is 0 Å². The lowest BCUT2D eigenvalue weighted by Crippen LogP contribution is -2.31. The van der Waals surface area contributed by atoms with Crippen molar-refractivity contribution in [2.45, 2.75) is 25.3 Å². The van der Waals surface area contributed by atoms with Crippen LogP contribution < -0.4 is 15.2 Å². The number of benzene rings is 1. The Morgan fingerprint density at radius 1 is 1.38 bits per heavy atom. The van der Waals surface area contributed by atoms with Gasteiger partial charge >= 0.3 is 6.09 Å². The molecule has 1 heterocycles. The Bertz CT molecular complexity index is 857. The average molecular weight is 463 g/mol. The van der Waals surface area contributed by atoms with E-state index in [9.17, 15) is 13.2 Å². The second-order valence-electron chi connectivity index (χ2n) is 5.53. The highest BCUT2D eigenvalue weighted by atomic mass is 79.9. The van der Waals surface area contributed by atoms with Gasteiger partial charge in [-0.25, -0.2) is 19.6 Å². The third-order valence-electron chi connectivity index (χ3n) is 3.47. The van der Waals surface area contributed by atoms with Crippen LogP contribution in [0, 0.1) is 0 Å². The molecule has 0 spiro atoms. The second kappa shape index (κ2) is 9.42. The van der Waals surface area contributed by atoms with Gasteiger partial charge in [0, 0.05) is 22.0 Å². The summed E-state index contributed by atoms with van der Waals surface area (Å²) < 4.78 is 24.8. The number of halogens is 1. The van der Waals surface area contributed by atoms with E-state index in [0.717, 1.165) is 15.0 Å². The van der Waals surface area contributed by atoms with Crippen LogP contribution in [0.25, 0.3) is 10.6 Å². The van der Waals surface area contributed by atoms with Crippen molar-refractivity contribution in [2.24, 2.45) is 5.14 Å². The topological polar surface area (TPSA) is 134 Å². The van der Waals surface area contributed by atoms with E-state index in [1.165, 1.54) is 11.3 Å². The van der Waals surface area contributed by atoms with Gasteiger partial charge in [-0.05, 0) is 31.4 Å². The summed E-state index contributed by atoms with van der Waals surface area (Å²) in [7, 11) is -3.70. The lowest BCUT2D eigenvalue weighted by Gasteiger charge is -2.14. The predicted octanol–water partition coefficient (Wildman–Crippen LogP) is 2.84. The summed E-state index contributed by atoms with van der Waals surface area (Å²) in [5.41, 5.74) is 1.59. The molecule has 0 aliphatic carbocycles. The highest BCUT2D eigenvalue weighted by Gasteiger charge is 2.18. The van der Waals surface area contributed by atoms with Crippen LogP contribution in [0.4, 0.5) is 4.79 Å². The molecule has 26 heavy (non-hydrogen) atoms. The molecule has 0 aliphatic heterocycles. The van der Waals surface area contributed by atoms with Gasteiger partial charge < -0.3 is 10.4 Å². The Morgan fingerprint density at radius 2 is 2.15 bits per heavy atom. The summed E-state index contributed by atoms with van der Waals surface area (Å²) in [5.74, 6) is 0. The Hall–Kier alpha value is -1.53. The van der Waals surface area contributed by atoms with Gasteiger partial charge in [-0.3, -0.25) is 0 Å². The van der Waals surface area contributed by atoms with Gasteiger partial charge in [0.1, 0.15) is 5.01 Å². The largest absolute Gasteiger partial charge is 0.465 e. The number of nitrogens with two attached hydrogens (primary N) is 1. The molecule has 0 bridgehead atoms. The number of nitrogens with zero attached hydrogens (tertiary/aromatic N) is 1. The molecule has 1 aromatic carbocycles. The van der Waals surface area contributed by atoms with E-state index in [1.54, 1.807) is 0 Å². The fraction of sp³-hybridized carbons (Fsp3) is 0.333. The summed E-state index contributed by atoms with van der Waals surface area (Å²) in [5, 5.41) is 19.0. The molecule has 8 nitrogen and oxygen atoms in total. The van der Waals surface area contributed by atoms with Gasteiger partial charge in [0.2, 0.25) is 0 Å². The SMILES string of the molecule is NS(=O)(=O)NCCCCC(NC(=O)O)c1csc(-c2cccc(Br)c2)n1. The quantitative estimate of drug-likeness (QED) is 0.424. The number of thiazole rings is 1. The van der Waals surface area contributed by atoms with Crippen LogP contribution >= 0.6 is 27.3 Å². The molecule has 2 aromatic rings. The first kappa shape index (κ1) is 20.8. The lowest BCUT2D eigenvalue weighted by molar-refractivity contribution is 0.188. The number of hydrogen-bond donors (Lipinski definition) is 4. The van der Waals surface area contributed by atoms with Crippen LogP contribution in [0.1, 0.15) is 31.0 Å². The summed E-state index contributed by atoms with van der Waals surface area (Å²) in [6, 6.07) is 7.25. The van der Waals surface area contributed by atoms with Gasteiger partial charge in [-0.2, -0.15) is 8.42 Å². The van der Waals surface area contributed by atoms with Crippen LogP contribution in [-0.4, -0.2) is 31.1 Å². The molecule has 0 radical (unpaired) electrons. The lowest BCUT2D eigenvalue weighted by atomic mass is 10.1. The number of carbonyl (C=O) groups is 1. The Labute approximate surface area is 164 Å². The maximum absolute atomic E-state index is 11.1. The zero-order valence-corrected chi connectivity index (χ0v) is 16.9. The predicted molar refractivity (Wildman–Crippen MR) is 104 cm³/mol. The van der Waals surface area contributed by atoms with E-state index in [2.05, 4.69) is 31.0 Å². The molecule has 0 saturated heterocycles. The molecule has 0 saturated carbocycles. The zero-order chi connectivity index (χ0) is 19.2. The van der Waals surface area contributed by atoms with Gasteiger partial charge in [0.15, 0.2) is 0 Å². The van der Waals surface area contributed by atoms with E-state index in [0.29, 0.717) is 25.0 Å². The van der Waals surface area contributed by atoms with Crippen molar-refractivity contribution in [1.29, 1.82) is 0 Å². The third kappa shape index (κ3) is 7.00. The molecule has 2 rings (SSSR count). The van der Waals surface area contributed by atoms with Crippen molar-refractivity contribution in [3.05, 3.63) is 39.8 Å². The second-order valence-corrected chi connectivity index (χ2v) is 8.68. The van der Waals surface area contributed by atoms with Gasteiger partial charge in [0.05, 0.1) is 11.7 Å². The smallest absolute Gasteiger partial charge is 0.405 e. The van der Waals surface area contributed by atoms with Gasteiger partial charge in [-0.15, -0.1) is 11.3 Å². The van der Waals surface area contributed by atoms with Crippen LogP contribution in [0.15, 0.2) is 34.1 Å². The molecule has 142 valence electrons. The Kier molecular flexibility index (Phi) is 7.53. The maximum Gasteiger partial charge on any atom is 0.405 e. The van der Waals surface area contributed by atoms with Crippen LogP contribution in [-0.2, 0) is 10.2 Å². The summed E-state index contributed by atoms with van der Waals surface area (Å²) in [4.78, 5) is 15.6. The minimum atomic E-state index is -3.70. The highest BCUT2D eigenvalue weighted by Crippen LogP contribution is 2.29. The first-order valence-electron chi connectivity index (χ1n) is 7.73. The van der Waals surface area contributed by atoms with E-state index >= 15 is 0 Å². The van der Waals surface area contributed by atoms with E-state index in [1.807, 2.05) is 29.6 Å². The van der Waals surface area contributed by atoms with Gasteiger partial charge in [0.25, 0.3) is 10.2 Å². The van der Waals surface area contributed by atoms with Crippen molar-refractivity contribution in [1.82, 2.24) is 15.0 Å². The van der Waals surface area contributed by atoms with Gasteiger partial charge in [-0.1, -0.05) is 28.1 Å². The van der Waals surface area contributed by atoms with E-state index in [-0.39, 0.29) is 6.54 Å². The van der Waals surface area contributed by atoms with Crippen molar-refractivity contribution in [3.8, 4) is 10.6 Å². The van der Waals surface area contributed by atoms with Crippen molar-refractivity contribution in [2.75, 3.05) is 6.54 Å². The van der Waals surface area contributed by atoms with Crippen molar-refractivity contribution in [3.63, 3.8) is 0 Å². The number of unbranched alkanes of at least 4 members (excludes halogenated alkanes) is 1. The summed E-state index contributed by atoms with van der Waals surface area (Å²) in [6.07, 6.45) is 0.517. The minimum absolute atomic E-state index is 0.207. The van der Waals surface area contributed by atoms with E-state index < -0.39 is 22.3 Å². The zero-order valence-electron chi connectivity index (χ0n) is 13.7. The molecular weight excluding hydrogens is 444 g/mol. The number of amides is 1. The highest BCUT2D eigenvalue weighted by molar-refractivity contribution is 9.10. The summed E-state index contributed by atoms with van der Waals surface area (Å²) in [6.45, 7) is 0.207. The first-order chi connectivity index (χ1) is 12.2. The molecular formula is C15H19BrN4O4S2. The molecule has 5 N–H and O–H groups in total. The van der Waals surface area contributed by atoms with Crippen molar-refractivity contribution >= 4 is 43.6 Å². The normalized spacial score (nSPS) is 12.7. The Morgan fingerprint density at radius 3 is 2.81 bits per heavy atom. The maximum atomic E-state index is 11.1. The number of rotatable bonds is 9. The fourth-order valence-electron chi connectivity index (χ4n) is 2.33. The average Bonchev–Trinajstić information content (AvgIpc) is 3.02. The molecule has 1 amide bonds. The van der Waals surface area contributed by atoms with Crippen molar-refractivity contribution < 1.29 is 18.3 Å². The third-order valence-corrected chi connectivity index (χ3v) is 5.48. The fourth-order valence-corrected chi connectivity index (χ4v) is 4.03. The number of aromatic nitrogens is 1. The monoisotopic (exact) mass is 462 g/mol. The van der Waals surface area contributed by atoms with Crippen LogP contribution in [0.3, 0.4) is 0 Å². The number of hydrogen-bond acceptors (Lipinski definition) is 5. The first-order valence-corrected chi connectivity index (χ1v) is 10.9. The number of nitrogens with one attached hydrogen (secondary N) is 2. The Balaban J connectivity index is 2.01. The van der Waals surface area contributed by atoms with E-state index in [4.69, 9.17) is 10.2 Å². The minimum Gasteiger partial charge on any atom is -0.465 e. The molecule has 1 aromatic heterocycles. The summed E-state index contributed by atoms with van der Waals surface area (Å²) >= 11 is 4.86.